The average molecular weight is 276 g/mol. The second kappa shape index (κ2) is 5.09. The third-order valence-corrected chi connectivity index (χ3v) is 3.22. The summed E-state index contributed by atoms with van der Waals surface area (Å²) >= 11 is 0. The van der Waals surface area contributed by atoms with Gasteiger partial charge in [0.05, 0.1) is 7.11 Å². The van der Waals surface area contributed by atoms with Gasteiger partial charge in [0.1, 0.15) is 0 Å². The summed E-state index contributed by atoms with van der Waals surface area (Å²) < 4.78 is 35.2. The van der Waals surface area contributed by atoms with E-state index in [-0.39, 0.29) is 17.4 Å². The van der Waals surface area contributed by atoms with E-state index in [0.29, 0.717) is 0 Å². The first-order valence-electron chi connectivity index (χ1n) is 5.12. The molecule has 0 aliphatic heterocycles. The van der Waals surface area contributed by atoms with Gasteiger partial charge in [-0.25, -0.2) is 17.9 Å². The summed E-state index contributed by atoms with van der Waals surface area (Å²) in [6.07, 6.45) is 0. The largest absolute Gasteiger partial charge is 0.463 e. The second-order valence-electron chi connectivity index (χ2n) is 4.42. The van der Waals surface area contributed by atoms with E-state index in [1.165, 1.54) is 19.2 Å². The number of hydrogen-bond donors (Lipinski definition) is 2. The average Bonchev–Trinajstić information content (AvgIpc) is 2.74. The molecule has 0 aromatic carbocycles. The number of carbonyl (C=O) groups is 1. The predicted octanol–water partition coefficient (Wildman–Crippen LogP) is 0.0818. The Kier molecular flexibility index (Phi) is 4.15. The third kappa shape index (κ3) is 3.83. The Hall–Kier alpha value is -1.38. The van der Waals surface area contributed by atoms with Gasteiger partial charge >= 0.3 is 5.97 Å². The Bertz CT molecular complexity index is 527. The Labute approximate surface area is 105 Å². The molecule has 8 heteroatoms. The van der Waals surface area contributed by atoms with E-state index in [1.807, 2.05) is 0 Å². The first-order chi connectivity index (χ1) is 8.15. The topological polar surface area (TPSA) is 112 Å². The van der Waals surface area contributed by atoms with Gasteiger partial charge in [-0.2, -0.15) is 0 Å². The van der Waals surface area contributed by atoms with Gasteiger partial charge in [0.15, 0.2) is 0 Å². The highest BCUT2D eigenvalue weighted by atomic mass is 32.2. The molecular weight excluding hydrogens is 260 g/mol. The van der Waals surface area contributed by atoms with Crippen LogP contribution >= 0.6 is 0 Å². The lowest BCUT2D eigenvalue weighted by molar-refractivity contribution is 0.0559. The molecule has 0 aliphatic rings. The number of rotatable bonds is 5. The van der Waals surface area contributed by atoms with Crippen LogP contribution in [0.4, 0.5) is 0 Å². The van der Waals surface area contributed by atoms with E-state index in [4.69, 9.17) is 10.2 Å². The second-order valence-corrected chi connectivity index (χ2v) is 6.12. The lowest BCUT2D eigenvalue weighted by Gasteiger charge is -2.18. The zero-order chi connectivity index (χ0) is 14.0. The van der Waals surface area contributed by atoms with Gasteiger partial charge in [-0.3, -0.25) is 0 Å². The van der Waals surface area contributed by atoms with Gasteiger partial charge in [0, 0.05) is 12.1 Å². The van der Waals surface area contributed by atoms with Crippen LogP contribution in [0.3, 0.4) is 0 Å². The van der Waals surface area contributed by atoms with Gasteiger partial charge in [-0.05, 0) is 26.0 Å². The monoisotopic (exact) mass is 276 g/mol. The SMILES string of the molecule is COC(=O)c1ccc(S(=O)(=O)NCC(C)(C)N)o1. The minimum absolute atomic E-state index is 0.0452. The maximum atomic E-state index is 11.8. The molecule has 3 N–H and O–H groups in total. The zero-order valence-electron chi connectivity index (χ0n) is 10.4. The Morgan fingerprint density at radius 1 is 1.50 bits per heavy atom. The molecule has 0 bridgehead atoms. The molecule has 0 unspecified atom stereocenters. The highest BCUT2D eigenvalue weighted by molar-refractivity contribution is 7.89. The lowest BCUT2D eigenvalue weighted by Crippen LogP contribution is -2.44. The molecule has 0 radical (unpaired) electrons. The Morgan fingerprint density at radius 2 is 2.11 bits per heavy atom. The van der Waals surface area contributed by atoms with Crippen molar-refractivity contribution < 1.29 is 22.4 Å². The number of carbonyl (C=O) groups excluding carboxylic acids is 1. The van der Waals surface area contributed by atoms with E-state index in [1.54, 1.807) is 13.8 Å². The number of furan rings is 1. The minimum Gasteiger partial charge on any atom is -0.463 e. The molecule has 0 amide bonds. The number of methoxy groups -OCH3 is 1. The van der Waals surface area contributed by atoms with Crippen molar-refractivity contribution in [3.8, 4) is 0 Å². The highest BCUT2D eigenvalue weighted by Crippen LogP contribution is 2.14. The summed E-state index contributed by atoms with van der Waals surface area (Å²) in [6, 6.07) is 2.41. The smallest absolute Gasteiger partial charge is 0.374 e. The van der Waals surface area contributed by atoms with Gasteiger partial charge in [0.2, 0.25) is 10.9 Å². The van der Waals surface area contributed by atoms with Gasteiger partial charge in [-0.15, -0.1) is 0 Å². The molecule has 1 aromatic rings. The van der Waals surface area contributed by atoms with Crippen LogP contribution in [0.2, 0.25) is 0 Å². The van der Waals surface area contributed by atoms with Crippen LogP contribution in [0.1, 0.15) is 24.4 Å². The van der Waals surface area contributed by atoms with Crippen molar-refractivity contribution in [2.75, 3.05) is 13.7 Å². The van der Waals surface area contributed by atoms with Crippen molar-refractivity contribution in [2.24, 2.45) is 5.73 Å². The lowest BCUT2D eigenvalue weighted by atomic mass is 10.1. The molecule has 7 nitrogen and oxygen atoms in total. The number of esters is 1. The number of nitrogens with one attached hydrogen (secondary N) is 1. The maximum absolute atomic E-state index is 11.8. The molecular formula is C10H16N2O5S. The van der Waals surface area contributed by atoms with Crippen LogP contribution in [-0.2, 0) is 14.8 Å². The summed E-state index contributed by atoms with van der Waals surface area (Å²) in [5.41, 5.74) is 4.97. The Morgan fingerprint density at radius 3 is 2.61 bits per heavy atom. The van der Waals surface area contributed by atoms with E-state index >= 15 is 0 Å². The molecule has 1 aromatic heterocycles. The van der Waals surface area contributed by atoms with E-state index in [2.05, 4.69) is 9.46 Å². The molecule has 1 heterocycles. The van der Waals surface area contributed by atoms with Crippen LogP contribution in [0.15, 0.2) is 21.6 Å². The number of ether oxygens (including phenoxy) is 1. The fourth-order valence-corrected chi connectivity index (χ4v) is 2.18. The first-order valence-corrected chi connectivity index (χ1v) is 6.61. The van der Waals surface area contributed by atoms with Crippen LogP contribution < -0.4 is 10.5 Å². The molecule has 0 fully saturated rings. The number of sulfonamides is 1. The quantitative estimate of drug-likeness (QED) is 0.737. The molecule has 18 heavy (non-hydrogen) atoms. The summed E-state index contributed by atoms with van der Waals surface area (Å²) in [7, 11) is -2.64. The van der Waals surface area contributed by atoms with Gasteiger partial charge in [-0.1, -0.05) is 0 Å². The van der Waals surface area contributed by atoms with Gasteiger partial charge < -0.3 is 14.9 Å². The maximum Gasteiger partial charge on any atom is 0.374 e. The molecule has 1 rings (SSSR count). The van der Waals surface area contributed by atoms with Crippen molar-refractivity contribution in [1.29, 1.82) is 0 Å². The molecule has 0 atom stereocenters. The molecule has 0 aliphatic carbocycles. The summed E-state index contributed by atoms with van der Waals surface area (Å²) in [4.78, 5) is 11.1. The third-order valence-electron chi connectivity index (χ3n) is 1.95. The fourth-order valence-electron chi connectivity index (χ4n) is 1.03. The summed E-state index contributed by atoms with van der Waals surface area (Å²) in [5.74, 6) is -0.916. The van der Waals surface area contributed by atoms with Crippen molar-refractivity contribution >= 4 is 16.0 Å². The van der Waals surface area contributed by atoms with E-state index in [9.17, 15) is 13.2 Å². The normalized spacial score (nSPS) is 12.4. The van der Waals surface area contributed by atoms with Crippen molar-refractivity contribution in [2.45, 2.75) is 24.5 Å². The van der Waals surface area contributed by atoms with Crippen molar-refractivity contribution in [3.63, 3.8) is 0 Å². The van der Waals surface area contributed by atoms with Gasteiger partial charge in [0.25, 0.3) is 10.0 Å². The molecule has 0 saturated heterocycles. The van der Waals surface area contributed by atoms with Crippen LogP contribution in [0.25, 0.3) is 0 Å². The standard InChI is InChI=1S/C10H16N2O5S/c1-10(2,11)6-12-18(14,15)8-5-4-7(17-8)9(13)16-3/h4-5,12H,6,11H2,1-3H3. The Balaban J connectivity index is 2.86. The highest BCUT2D eigenvalue weighted by Gasteiger charge is 2.23. The van der Waals surface area contributed by atoms with Crippen molar-refractivity contribution in [1.82, 2.24) is 4.72 Å². The minimum atomic E-state index is -3.82. The van der Waals surface area contributed by atoms with Crippen molar-refractivity contribution in [3.05, 3.63) is 17.9 Å². The van der Waals surface area contributed by atoms with E-state index < -0.39 is 21.5 Å². The van der Waals surface area contributed by atoms with E-state index in [0.717, 1.165) is 0 Å². The van der Waals surface area contributed by atoms with Crippen LogP contribution in [0.5, 0.6) is 0 Å². The first kappa shape index (κ1) is 14.7. The summed E-state index contributed by atoms with van der Waals surface area (Å²) in [5, 5.41) is -0.354. The number of hydrogen-bond acceptors (Lipinski definition) is 6. The number of nitrogens with two attached hydrogens (primary N) is 1. The molecule has 0 saturated carbocycles. The fraction of sp³-hybridized carbons (Fsp3) is 0.500. The molecule has 102 valence electrons. The zero-order valence-corrected chi connectivity index (χ0v) is 11.2. The molecule has 0 spiro atoms. The summed E-state index contributed by atoms with van der Waals surface area (Å²) in [6.45, 7) is 3.40. The van der Waals surface area contributed by atoms with Crippen LogP contribution in [-0.4, -0.2) is 33.6 Å². The van der Waals surface area contributed by atoms with Crippen LogP contribution in [0, 0.1) is 0 Å². The predicted molar refractivity (Wildman–Crippen MR) is 63.5 cm³/mol.